The molecule has 0 aliphatic rings. The Bertz CT molecular complexity index is 393. The summed E-state index contributed by atoms with van der Waals surface area (Å²) in [4.78, 5) is 10.8. The van der Waals surface area contributed by atoms with Crippen molar-refractivity contribution in [2.24, 2.45) is 0 Å². The van der Waals surface area contributed by atoms with Crippen molar-refractivity contribution in [2.75, 3.05) is 7.05 Å². The Morgan fingerprint density at radius 3 is 2.25 bits per heavy atom. The van der Waals surface area contributed by atoms with Crippen molar-refractivity contribution in [3.8, 4) is 0 Å². The number of benzene rings is 1. The van der Waals surface area contributed by atoms with Crippen molar-refractivity contribution in [2.45, 2.75) is 6.18 Å². The average molecular weight is 229 g/mol. The zero-order valence-corrected chi connectivity index (χ0v) is 8.51. The van der Waals surface area contributed by atoms with Gasteiger partial charge in [-0.15, -0.1) is 0 Å². The lowest BCUT2D eigenvalue weighted by molar-refractivity contribution is -0.137. The van der Waals surface area contributed by atoms with Gasteiger partial charge in [0.1, 0.15) is 0 Å². The molecule has 0 spiro atoms. The lowest BCUT2D eigenvalue weighted by atomic mass is 10.1. The van der Waals surface area contributed by atoms with Crippen LogP contribution in [0.1, 0.15) is 11.1 Å². The van der Waals surface area contributed by atoms with Crippen LogP contribution in [-0.4, -0.2) is 13.0 Å². The Hall–Kier alpha value is -1.78. The van der Waals surface area contributed by atoms with E-state index in [1.54, 1.807) is 0 Å². The molecule has 1 N–H and O–H groups in total. The van der Waals surface area contributed by atoms with Gasteiger partial charge in [0.05, 0.1) is 5.56 Å². The van der Waals surface area contributed by atoms with Crippen LogP contribution in [0.4, 0.5) is 13.2 Å². The molecule has 0 saturated heterocycles. The zero-order chi connectivity index (χ0) is 12.2. The van der Waals surface area contributed by atoms with Gasteiger partial charge < -0.3 is 5.32 Å². The highest BCUT2D eigenvalue weighted by atomic mass is 19.4. The Balaban J connectivity index is 2.80. The topological polar surface area (TPSA) is 29.1 Å². The molecule has 1 aromatic carbocycles. The fraction of sp³-hybridized carbons (Fsp3) is 0.182. The molecule has 0 aliphatic heterocycles. The molecule has 16 heavy (non-hydrogen) atoms. The van der Waals surface area contributed by atoms with E-state index in [9.17, 15) is 18.0 Å². The molecule has 2 nitrogen and oxygen atoms in total. The molecule has 1 rings (SSSR count). The minimum atomic E-state index is -4.33. The minimum absolute atomic E-state index is 0.306. The van der Waals surface area contributed by atoms with Crippen molar-refractivity contribution in [3.63, 3.8) is 0 Å². The number of likely N-dealkylation sites (N-methyl/N-ethyl adjacent to an activating group) is 1. The van der Waals surface area contributed by atoms with Crippen LogP contribution in [0.2, 0.25) is 0 Å². The van der Waals surface area contributed by atoms with E-state index in [-0.39, 0.29) is 5.91 Å². The molecule has 0 fully saturated rings. The Labute approximate surface area is 90.8 Å². The number of amides is 1. The Morgan fingerprint density at radius 1 is 1.25 bits per heavy atom. The van der Waals surface area contributed by atoms with Crippen LogP contribution in [0, 0.1) is 0 Å². The highest BCUT2D eigenvalue weighted by Gasteiger charge is 2.29. The van der Waals surface area contributed by atoms with Crippen LogP contribution in [-0.2, 0) is 11.0 Å². The molecule has 86 valence electrons. The summed E-state index contributed by atoms with van der Waals surface area (Å²) < 4.78 is 36.6. The summed E-state index contributed by atoms with van der Waals surface area (Å²) in [7, 11) is 1.47. The van der Waals surface area contributed by atoms with Gasteiger partial charge in [0.2, 0.25) is 5.91 Å². The van der Waals surface area contributed by atoms with E-state index in [0.29, 0.717) is 5.56 Å². The molecule has 0 heterocycles. The van der Waals surface area contributed by atoms with Gasteiger partial charge in [-0.25, -0.2) is 0 Å². The van der Waals surface area contributed by atoms with Gasteiger partial charge in [-0.05, 0) is 23.8 Å². The van der Waals surface area contributed by atoms with Crippen LogP contribution in [0.25, 0.3) is 6.08 Å². The summed E-state index contributed by atoms with van der Waals surface area (Å²) in [6.45, 7) is 0. The van der Waals surface area contributed by atoms with Gasteiger partial charge >= 0.3 is 6.18 Å². The first kappa shape index (κ1) is 12.3. The van der Waals surface area contributed by atoms with Crippen LogP contribution in [0.15, 0.2) is 30.3 Å². The standard InChI is InChI=1S/C11H10F3NO/c1-15-10(16)7-4-8-2-5-9(6-3-8)11(12,13)14/h2-7H,1H3,(H,15,16)/b7-4+. The summed E-state index contributed by atoms with van der Waals surface area (Å²) in [5.74, 6) is -0.306. The van der Waals surface area contributed by atoms with Gasteiger partial charge in [0.25, 0.3) is 0 Å². The molecule has 0 saturated carbocycles. The first-order valence-corrected chi connectivity index (χ1v) is 4.50. The number of alkyl halides is 3. The predicted octanol–water partition coefficient (Wildman–Crippen LogP) is 2.46. The number of carbonyl (C=O) groups is 1. The monoisotopic (exact) mass is 229 g/mol. The van der Waals surface area contributed by atoms with Gasteiger partial charge in [-0.3, -0.25) is 4.79 Å². The highest BCUT2D eigenvalue weighted by molar-refractivity contribution is 5.91. The van der Waals surface area contributed by atoms with Crippen molar-refractivity contribution < 1.29 is 18.0 Å². The van der Waals surface area contributed by atoms with Crippen molar-refractivity contribution in [3.05, 3.63) is 41.5 Å². The zero-order valence-electron chi connectivity index (χ0n) is 8.51. The largest absolute Gasteiger partial charge is 0.416 e. The second-order valence-electron chi connectivity index (χ2n) is 3.07. The van der Waals surface area contributed by atoms with Crippen molar-refractivity contribution in [1.82, 2.24) is 5.32 Å². The van der Waals surface area contributed by atoms with Gasteiger partial charge in [-0.2, -0.15) is 13.2 Å². The molecule has 5 heteroatoms. The number of hydrogen-bond acceptors (Lipinski definition) is 1. The molecule has 0 unspecified atom stereocenters. The van der Waals surface area contributed by atoms with Crippen molar-refractivity contribution >= 4 is 12.0 Å². The summed E-state index contributed by atoms with van der Waals surface area (Å²) in [5, 5.41) is 2.37. The smallest absolute Gasteiger partial charge is 0.356 e. The van der Waals surface area contributed by atoms with E-state index in [4.69, 9.17) is 0 Å². The molecular weight excluding hydrogens is 219 g/mol. The highest BCUT2D eigenvalue weighted by Crippen LogP contribution is 2.29. The normalized spacial score (nSPS) is 11.8. The maximum Gasteiger partial charge on any atom is 0.416 e. The predicted molar refractivity (Wildman–Crippen MR) is 54.5 cm³/mol. The fourth-order valence-corrected chi connectivity index (χ4v) is 1.04. The summed E-state index contributed by atoms with van der Waals surface area (Å²) in [5.41, 5.74) is -0.166. The van der Waals surface area contributed by atoms with E-state index in [2.05, 4.69) is 5.32 Å². The second kappa shape index (κ2) is 4.83. The lowest BCUT2D eigenvalue weighted by Gasteiger charge is -2.05. The molecule has 0 aliphatic carbocycles. The average Bonchev–Trinajstić information content (AvgIpc) is 2.25. The quantitative estimate of drug-likeness (QED) is 0.775. The Kier molecular flexibility index (Phi) is 3.71. The van der Waals surface area contributed by atoms with E-state index in [0.717, 1.165) is 12.1 Å². The van der Waals surface area contributed by atoms with Crippen LogP contribution < -0.4 is 5.32 Å². The van der Waals surface area contributed by atoms with E-state index in [1.165, 1.54) is 31.3 Å². The third-order valence-corrected chi connectivity index (χ3v) is 1.91. The fourth-order valence-electron chi connectivity index (χ4n) is 1.04. The maximum absolute atomic E-state index is 12.2. The van der Waals surface area contributed by atoms with E-state index < -0.39 is 11.7 Å². The molecule has 0 atom stereocenters. The minimum Gasteiger partial charge on any atom is -0.356 e. The number of carbonyl (C=O) groups excluding carboxylic acids is 1. The summed E-state index contributed by atoms with van der Waals surface area (Å²) in [6.07, 6.45) is -1.63. The number of hydrogen-bond donors (Lipinski definition) is 1. The first-order chi connectivity index (χ1) is 7.43. The maximum atomic E-state index is 12.2. The molecule has 0 aromatic heterocycles. The third-order valence-electron chi connectivity index (χ3n) is 1.91. The second-order valence-corrected chi connectivity index (χ2v) is 3.07. The lowest BCUT2D eigenvalue weighted by Crippen LogP contribution is -2.13. The van der Waals surface area contributed by atoms with E-state index in [1.807, 2.05) is 0 Å². The summed E-state index contributed by atoms with van der Waals surface area (Å²) in [6, 6.07) is 4.57. The van der Waals surface area contributed by atoms with Crippen molar-refractivity contribution in [1.29, 1.82) is 0 Å². The first-order valence-electron chi connectivity index (χ1n) is 4.50. The van der Waals surface area contributed by atoms with E-state index >= 15 is 0 Å². The van der Waals surface area contributed by atoms with Gasteiger partial charge in [0.15, 0.2) is 0 Å². The summed E-state index contributed by atoms with van der Waals surface area (Å²) >= 11 is 0. The third kappa shape index (κ3) is 3.42. The van der Waals surface area contributed by atoms with Crippen LogP contribution in [0.3, 0.4) is 0 Å². The Morgan fingerprint density at radius 2 is 1.81 bits per heavy atom. The molecular formula is C11H10F3NO. The number of halogens is 3. The van der Waals surface area contributed by atoms with Crippen LogP contribution in [0.5, 0.6) is 0 Å². The van der Waals surface area contributed by atoms with Gasteiger partial charge in [-0.1, -0.05) is 12.1 Å². The SMILES string of the molecule is CNC(=O)/C=C/c1ccc(C(F)(F)F)cc1. The van der Waals surface area contributed by atoms with Gasteiger partial charge in [0, 0.05) is 13.1 Å². The molecule has 1 aromatic rings. The molecule has 1 amide bonds. The molecule has 0 bridgehead atoms. The number of nitrogens with one attached hydrogen (secondary N) is 1. The van der Waals surface area contributed by atoms with Crippen LogP contribution >= 0.6 is 0 Å². The molecule has 0 radical (unpaired) electrons. The number of rotatable bonds is 2.